The van der Waals surface area contributed by atoms with E-state index in [4.69, 9.17) is 0 Å². The summed E-state index contributed by atoms with van der Waals surface area (Å²) in [5.74, 6) is 0.740. The Morgan fingerprint density at radius 1 is 1.14 bits per heavy atom. The minimum absolute atomic E-state index is 0.170. The predicted octanol–water partition coefficient (Wildman–Crippen LogP) is 1.88. The summed E-state index contributed by atoms with van der Waals surface area (Å²) in [6.45, 7) is 0.211. The molecule has 0 aromatic carbocycles. The second kappa shape index (κ2) is 6.69. The number of carbonyl (C=O) groups is 1. The number of aromatic nitrogens is 4. The Morgan fingerprint density at radius 3 is 2.50 bits per heavy atom. The molecule has 0 aliphatic heterocycles. The molecule has 3 aromatic heterocycles. The molecule has 0 aliphatic carbocycles. The van der Waals surface area contributed by atoms with E-state index in [2.05, 4.69) is 30.6 Å². The molecule has 7 nitrogen and oxygen atoms in total. The summed E-state index contributed by atoms with van der Waals surface area (Å²) < 4.78 is 0. The lowest BCUT2D eigenvalue weighted by molar-refractivity contribution is -0.115. The Labute approximate surface area is 134 Å². The Bertz CT molecular complexity index is 704. The van der Waals surface area contributed by atoms with Gasteiger partial charge in [-0.15, -0.1) is 22.7 Å². The molecule has 3 aromatic rings. The van der Waals surface area contributed by atoms with Crippen LogP contribution in [0.25, 0.3) is 21.5 Å². The largest absolute Gasteiger partial charge is 0.311 e. The summed E-state index contributed by atoms with van der Waals surface area (Å²) in [4.78, 5) is 29.1. The molecule has 0 aliphatic rings. The van der Waals surface area contributed by atoms with Crippen LogP contribution in [-0.2, 0) is 4.79 Å². The van der Waals surface area contributed by atoms with Crippen molar-refractivity contribution in [1.29, 1.82) is 0 Å². The molecule has 3 rings (SSSR count). The van der Waals surface area contributed by atoms with Crippen LogP contribution in [0.3, 0.4) is 0 Å². The first-order valence-corrected chi connectivity index (χ1v) is 8.15. The van der Waals surface area contributed by atoms with Crippen molar-refractivity contribution in [1.82, 2.24) is 25.3 Å². The van der Waals surface area contributed by atoms with Gasteiger partial charge in [-0.05, 0) is 7.05 Å². The average molecular weight is 332 g/mol. The molecule has 22 heavy (non-hydrogen) atoms. The number of likely N-dealkylation sites (N-methyl/N-ethyl adjacent to an activating group) is 1. The smallest absolute Gasteiger partial charge is 0.239 e. The number of thiazole rings is 2. The number of rotatable bonds is 5. The van der Waals surface area contributed by atoms with Crippen LogP contribution >= 0.6 is 22.7 Å². The first kappa shape index (κ1) is 14.7. The second-order valence-electron chi connectivity index (χ2n) is 4.22. The van der Waals surface area contributed by atoms with Gasteiger partial charge in [-0.1, -0.05) is 0 Å². The predicted molar refractivity (Wildman–Crippen MR) is 86.8 cm³/mol. The number of carbonyl (C=O) groups excluding carboxylic acids is 1. The molecule has 0 spiro atoms. The van der Waals surface area contributed by atoms with Gasteiger partial charge >= 0.3 is 0 Å². The summed E-state index contributed by atoms with van der Waals surface area (Å²) in [6.07, 6.45) is 3.41. The molecule has 0 fully saturated rings. The van der Waals surface area contributed by atoms with Crippen LogP contribution in [0.2, 0.25) is 0 Å². The SMILES string of the molecule is CNCC(=O)Nc1cc(-c2nccs2)nc(-c2nccs2)n1. The van der Waals surface area contributed by atoms with Crippen molar-refractivity contribution in [3.63, 3.8) is 0 Å². The van der Waals surface area contributed by atoms with Gasteiger partial charge in [0.15, 0.2) is 10.8 Å². The van der Waals surface area contributed by atoms with E-state index >= 15 is 0 Å². The molecule has 0 saturated heterocycles. The Morgan fingerprint density at radius 2 is 1.86 bits per heavy atom. The minimum atomic E-state index is -0.170. The van der Waals surface area contributed by atoms with Crippen LogP contribution in [0.1, 0.15) is 0 Å². The van der Waals surface area contributed by atoms with Gasteiger partial charge in [-0.3, -0.25) is 4.79 Å². The van der Waals surface area contributed by atoms with E-state index in [1.54, 1.807) is 25.5 Å². The number of hydrogen-bond donors (Lipinski definition) is 2. The quantitative estimate of drug-likeness (QED) is 0.741. The molecular weight excluding hydrogens is 320 g/mol. The molecule has 0 radical (unpaired) electrons. The van der Waals surface area contributed by atoms with Gasteiger partial charge in [-0.2, -0.15) is 0 Å². The highest BCUT2D eigenvalue weighted by Gasteiger charge is 2.13. The van der Waals surface area contributed by atoms with E-state index in [1.807, 2.05) is 10.8 Å². The lowest BCUT2D eigenvalue weighted by Gasteiger charge is -2.07. The zero-order valence-electron chi connectivity index (χ0n) is 11.6. The van der Waals surface area contributed by atoms with Gasteiger partial charge in [-0.25, -0.2) is 19.9 Å². The number of hydrogen-bond acceptors (Lipinski definition) is 8. The molecule has 0 atom stereocenters. The Balaban J connectivity index is 2.00. The van der Waals surface area contributed by atoms with E-state index in [0.717, 1.165) is 5.01 Å². The molecular formula is C13H12N6OS2. The summed E-state index contributed by atoms with van der Waals surface area (Å²) in [7, 11) is 1.71. The fraction of sp³-hybridized carbons (Fsp3) is 0.154. The maximum Gasteiger partial charge on any atom is 0.239 e. The maximum atomic E-state index is 11.7. The summed E-state index contributed by atoms with van der Waals surface area (Å²) in [5, 5.41) is 10.7. The molecule has 9 heteroatoms. The van der Waals surface area contributed by atoms with Gasteiger partial charge < -0.3 is 10.6 Å². The molecule has 0 saturated carbocycles. The highest BCUT2D eigenvalue weighted by molar-refractivity contribution is 7.13. The number of nitrogens with one attached hydrogen (secondary N) is 2. The van der Waals surface area contributed by atoms with Crippen LogP contribution in [0.4, 0.5) is 5.82 Å². The van der Waals surface area contributed by atoms with Crippen molar-refractivity contribution in [2.75, 3.05) is 18.9 Å². The standard InChI is InChI=1S/C13H12N6OS2/c1-14-7-10(20)18-9-6-8(12-15-2-4-21-12)17-11(19-9)13-16-3-5-22-13/h2-6,14H,7H2,1H3,(H,17,18,19,20). The van der Waals surface area contributed by atoms with Crippen molar-refractivity contribution in [2.45, 2.75) is 0 Å². The fourth-order valence-corrected chi connectivity index (χ4v) is 2.91. The molecule has 2 N–H and O–H groups in total. The van der Waals surface area contributed by atoms with Crippen molar-refractivity contribution in [3.8, 4) is 21.5 Å². The molecule has 0 unspecified atom stereocenters. The summed E-state index contributed by atoms with van der Waals surface area (Å²) >= 11 is 2.92. The van der Waals surface area contributed by atoms with Crippen molar-refractivity contribution < 1.29 is 4.79 Å². The van der Waals surface area contributed by atoms with Gasteiger partial charge in [0.1, 0.15) is 16.5 Å². The van der Waals surface area contributed by atoms with E-state index < -0.39 is 0 Å². The van der Waals surface area contributed by atoms with Crippen LogP contribution in [-0.4, -0.2) is 39.4 Å². The zero-order valence-corrected chi connectivity index (χ0v) is 13.2. The van der Waals surface area contributed by atoms with E-state index in [9.17, 15) is 4.79 Å². The molecule has 1 amide bonds. The van der Waals surface area contributed by atoms with Gasteiger partial charge in [0.25, 0.3) is 0 Å². The van der Waals surface area contributed by atoms with Gasteiger partial charge in [0.05, 0.1) is 6.54 Å². The molecule has 112 valence electrons. The van der Waals surface area contributed by atoms with Crippen LogP contribution < -0.4 is 10.6 Å². The number of anilines is 1. The van der Waals surface area contributed by atoms with Crippen molar-refractivity contribution in [3.05, 3.63) is 29.2 Å². The van der Waals surface area contributed by atoms with E-state index in [-0.39, 0.29) is 12.5 Å². The van der Waals surface area contributed by atoms with E-state index in [0.29, 0.717) is 22.3 Å². The summed E-state index contributed by atoms with van der Waals surface area (Å²) in [5.41, 5.74) is 0.662. The topological polar surface area (TPSA) is 92.7 Å². The highest BCUT2D eigenvalue weighted by atomic mass is 32.1. The highest BCUT2D eigenvalue weighted by Crippen LogP contribution is 2.26. The lowest BCUT2D eigenvalue weighted by Crippen LogP contribution is -2.25. The van der Waals surface area contributed by atoms with Crippen LogP contribution in [0.5, 0.6) is 0 Å². The number of nitrogens with zero attached hydrogens (tertiary/aromatic N) is 4. The Kier molecular flexibility index (Phi) is 4.47. The van der Waals surface area contributed by atoms with E-state index in [1.165, 1.54) is 22.7 Å². The third kappa shape index (κ3) is 3.32. The van der Waals surface area contributed by atoms with Gasteiger partial charge in [0.2, 0.25) is 5.91 Å². The Hall–Kier alpha value is -2.23. The fourth-order valence-electron chi connectivity index (χ4n) is 1.75. The lowest BCUT2D eigenvalue weighted by atomic mass is 10.3. The monoisotopic (exact) mass is 332 g/mol. The zero-order chi connectivity index (χ0) is 15.4. The van der Waals surface area contributed by atoms with Crippen LogP contribution in [0.15, 0.2) is 29.2 Å². The first-order chi connectivity index (χ1) is 10.8. The van der Waals surface area contributed by atoms with Crippen molar-refractivity contribution in [2.24, 2.45) is 0 Å². The molecule has 0 bridgehead atoms. The second-order valence-corrected chi connectivity index (χ2v) is 6.00. The van der Waals surface area contributed by atoms with Crippen LogP contribution in [0, 0.1) is 0 Å². The minimum Gasteiger partial charge on any atom is -0.311 e. The normalized spacial score (nSPS) is 10.6. The first-order valence-electron chi connectivity index (χ1n) is 6.39. The number of amides is 1. The van der Waals surface area contributed by atoms with Crippen molar-refractivity contribution >= 4 is 34.4 Å². The maximum absolute atomic E-state index is 11.7. The van der Waals surface area contributed by atoms with Gasteiger partial charge in [0, 0.05) is 29.2 Å². The summed E-state index contributed by atoms with van der Waals surface area (Å²) in [6, 6.07) is 1.71. The average Bonchev–Trinajstić information content (AvgIpc) is 3.21. The third-order valence-electron chi connectivity index (χ3n) is 2.61. The molecule has 3 heterocycles. The third-order valence-corrected chi connectivity index (χ3v) is 4.17.